The van der Waals surface area contributed by atoms with E-state index in [0.717, 1.165) is 5.56 Å². The highest BCUT2D eigenvalue weighted by Gasteiger charge is 2.04. The first-order valence-corrected chi connectivity index (χ1v) is 4.56. The second kappa shape index (κ2) is 3.96. The highest BCUT2D eigenvalue weighted by Crippen LogP contribution is 2.27. The molecule has 0 spiro atoms. The number of hydrogen-bond donors (Lipinski definition) is 1. The smallest absolute Gasteiger partial charge is 0.237 e. The van der Waals surface area contributed by atoms with Crippen LogP contribution in [0.5, 0.6) is 11.6 Å². The van der Waals surface area contributed by atoms with Crippen molar-refractivity contribution in [2.24, 2.45) is 0 Å². The summed E-state index contributed by atoms with van der Waals surface area (Å²) in [4.78, 5) is 7.91. The van der Waals surface area contributed by atoms with Crippen LogP contribution in [0.25, 0.3) is 0 Å². The molecule has 0 radical (unpaired) electrons. The average molecular weight is 201 g/mol. The lowest BCUT2D eigenvalue weighted by atomic mass is 10.2. The zero-order chi connectivity index (χ0) is 10.7. The number of nitrogens with two attached hydrogens (primary N) is 1. The minimum absolute atomic E-state index is 0.440. The molecule has 0 amide bonds. The Bertz CT molecular complexity index is 457. The zero-order valence-corrected chi connectivity index (χ0v) is 8.34. The van der Waals surface area contributed by atoms with Gasteiger partial charge in [-0.05, 0) is 18.6 Å². The van der Waals surface area contributed by atoms with Crippen LogP contribution in [0, 0.1) is 6.92 Å². The molecule has 76 valence electrons. The molecular weight excluding hydrogens is 190 g/mol. The van der Waals surface area contributed by atoms with Gasteiger partial charge in [0.25, 0.3) is 0 Å². The van der Waals surface area contributed by atoms with Crippen LogP contribution >= 0.6 is 0 Å². The molecule has 0 aliphatic heterocycles. The number of para-hydroxylation sites is 1. The Balaban J connectivity index is 2.29. The summed E-state index contributed by atoms with van der Waals surface area (Å²) in [6.45, 7) is 1.93. The molecule has 1 aromatic heterocycles. The maximum Gasteiger partial charge on any atom is 0.237 e. The Morgan fingerprint density at radius 1 is 1.27 bits per heavy atom. The summed E-state index contributed by atoms with van der Waals surface area (Å²) in [6.07, 6.45) is 4.70. The van der Waals surface area contributed by atoms with Crippen LogP contribution in [0.2, 0.25) is 0 Å². The van der Waals surface area contributed by atoms with E-state index < -0.39 is 0 Å². The second-order valence-corrected chi connectivity index (χ2v) is 3.13. The summed E-state index contributed by atoms with van der Waals surface area (Å²) in [5, 5.41) is 0. The van der Waals surface area contributed by atoms with E-state index in [2.05, 4.69) is 9.97 Å². The summed E-state index contributed by atoms with van der Waals surface area (Å²) in [5.41, 5.74) is 7.47. The van der Waals surface area contributed by atoms with Crippen molar-refractivity contribution in [3.8, 4) is 11.6 Å². The second-order valence-electron chi connectivity index (χ2n) is 3.13. The van der Waals surface area contributed by atoms with Crippen molar-refractivity contribution in [1.82, 2.24) is 9.97 Å². The molecule has 0 aliphatic carbocycles. The van der Waals surface area contributed by atoms with E-state index in [1.165, 1.54) is 0 Å². The Hall–Kier alpha value is -2.10. The summed E-state index contributed by atoms with van der Waals surface area (Å²) in [6, 6.07) is 5.62. The van der Waals surface area contributed by atoms with Crippen LogP contribution in [0.1, 0.15) is 5.56 Å². The van der Waals surface area contributed by atoms with Crippen LogP contribution in [0.4, 0.5) is 5.69 Å². The SMILES string of the molecule is Cc1cccc(Oc2cnccn2)c1N. The van der Waals surface area contributed by atoms with Gasteiger partial charge in [-0.1, -0.05) is 12.1 Å². The van der Waals surface area contributed by atoms with Crippen LogP contribution < -0.4 is 10.5 Å². The molecule has 0 saturated carbocycles. The molecule has 2 N–H and O–H groups in total. The van der Waals surface area contributed by atoms with E-state index in [-0.39, 0.29) is 0 Å². The molecular formula is C11H11N3O. The predicted octanol–water partition coefficient (Wildman–Crippen LogP) is 2.16. The largest absolute Gasteiger partial charge is 0.435 e. The highest BCUT2D eigenvalue weighted by atomic mass is 16.5. The number of nitrogen functional groups attached to an aromatic ring is 1. The van der Waals surface area contributed by atoms with Crippen LogP contribution in [0.3, 0.4) is 0 Å². The van der Waals surface area contributed by atoms with Gasteiger partial charge in [0, 0.05) is 12.4 Å². The van der Waals surface area contributed by atoms with Gasteiger partial charge in [0.15, 0.2) is 5.75 Å². The Labute approximate surface area is 87.7 Å². The van der Waals surface area contributed by atoms with Gasteiger partial charge < -0.3 is 10.5 Å². The molecule has 2 aromatic rings. The van der Waals surface area contributed by atoms with Gasteiger partial charge in [-0.3, -0.25) is 4.98 Å². The molecule has 0 fully saturated rings. The number of ether oxygens (including phenoxy) is 1. The summed E-state index contributed by atoms with van der Waals surface area (Å²) in [5.74, 6) is 1.05. The van der Waals surface area contributed by atoms with Crippen molar-refractivity contribution in [2.45, 2.75) is 6.92 Å². The highest BCUT2D eigenvalue weighted by molar-refractivity contribution is 5.58. The maximum atomic E-state index is 5.86. The Morgan fingerprint density at radius 2 is 2.13 bits per heavy atom. The minimum atomic E-state index is 0.440. The lowest BCUT2D eigenvalue weighted by Crippen LogP contribution is -1.95. The van der Waals surface area contributed by atoms with Gasteiger partial charge in [0.1, 0.15) is 0 Å². The van der Waals surface area contributed by atoms with Crippen molar-refractivity contribution in [3.63, 3.8) is 0 Å². The Kier molecular flexibility index (Phi) is 2.49. The predicted molar refractivity (Wildman–Crippen MR) is 57.7 cm³/mol. The van der Waals surface area contributed by atoms with Crippen LogP contribution in [-0.4, -0.2) is 9.97 Å². The molecule has 0 unspecified atom stereocenters. The first-order chi connectivity index (χ1) is 7.27. The van der Waals surface area contributed by atoms with Gasteiger partial charge in [0.2, 0.25) is 5.88 Å². The first kappa shape index (κ1) is 9.45. The number of nitrogens with zero attached hydrogens (tertiary/aromatic N) is 2. The monoisotopic (exact) mass is 201 g/mol. The average Bonchev–Trinajstić information content (AvgIpc) is 2.26. The van der Waals surface area contributed by atoms with E-state index >= 15 is 0 Å². The van der Waals surface area contributed by atoms with Gasteiger partial charge >= 0.3 is 0 Å². The number of rotatable bonds is 2. The number of benzene rings is 1. The third-order valence-electron chi connectivity index (χ3n) is 2.04. The fraction of sp³-hybridized carbons (Fsp3) is 0.0909. The quantitative estimate of drug-likeness (QED) is 0.756. The van der Waals surface area contributed by atoms with E-state index in [0.29, 0.717) is 17.3 Å². The van der Waals surface area contributed by atoms with Gasteiger partial charge in [-0.25, -0.2) is 4.98 Å². The van der Waals surface area contributed by atoms with E-state index in [4.69, 9.17) is 10.5 Å². The summed E-state index contributed by atoms with van der Waals surface area (Å²) >= 11 is 0. The van der Waals surface area contributed by atoms with Crippen molar-refractivity contribution in [3.05, 3.63) is 42.4 Å². The number of anilines is 1. The van der Waals surface area contributed by atoms with Crippen molar-refractivity contribution in [1.29, 1.82) is 0 Å². The zero-order valence-electron chi connectivity index (χ0n) is 8.34. The Morgan fingerprint density at radius 3 is 2.87 bits per heavy atom. The van der Waals surface area contributed by atoms with Crippen LogP contribution in [-0.2, 0) is 0 Å². The van der Waals surface area contributed by atoms with E-state index in [1.54, 1.807) is 24.7 Å². The molecule has 1 aromatic carbocycles. The van der Waals surface area contributed by atoms with Crippen molar-refractivity contribution in [2.75, 3.05) is 5.73 Å². The molecule has 0 bridgehead atoms. The topological polar surface area (TPSA) is 61.0 Å². The molecule has 1 heterocycles. The standard InChI is InChI=1S/C11H11N3O/c1-8-3-2-4-9(11(8)12)15-10-7-13-5-6-14-10/h2-7H,12H2,1H3. The van der Waals surface area contributed by atoms with Crippen molar-refractivity contribution < 1.29 is 4.74 Å². The van der Waals surface area contributed by atoms with E-state index in [1.807, 2.05) is 19.1 Å². The minimum Gasteiger partial charge on any atom is -0.435 e. The fourth-order valence-electron chi connectivity index (χ4n) is 1.19. The third-order valence-corrected chi connectivity index (χ3v) is 2.04. The van der Waals surface area contributed by atoms with Gasteiger partial charge in [-0.2, -0.15) is 0 Å². The lowest BCUT2D eigenvalue weighted by molar-refractivity contribution is 0.462. The maximum absolute atomic E-state index is 5.86. The molecule has 4 nitrogen and oxygen atoms in total. The van der Waals surface area contributed by atoms with Gasteiger partial charge in [-0.15, -0.1) is 0 Å². The first-order valence-electron chi connectivity index (χ1n) is 4.56. The number of aromatic nitrogens is 2. The van der Waals surface area contributed by atoms with Gasteiger partial charge in [0.05, 0.1) is 11.9 Å². The molecule has 0 atom stereocenters. The normalized spacial score (nSPS) is 9.93. The van der Waals surface area contributed by atoms with Crippen molar-refractivity contribution >= 4 is 5.69 Å². The third kappa shape index (κ3) is 2.04. The fourth-order valence-corrected chi connectivity index (χ4v) is 1.19. The molecule has 2 rings (SSSR count). The molecule has 4 heteroatoms. The molecule has 15 heavy (non-hydrogen) atoms. The lowest BCUT2D eigenvalue weighted by Gasteiger charge is -2.08. The molecule has 0 saturated heterocycles. The summed E-state index contributed by atoms with van der Waals surface area (Å²) in [7, 11) is 0. The number of aryl methyl sites for hydroxylation is 1. The summed E-state index contributed by atoms with van der Waals surface area (Å²) < 4.78 is 5.49. The molecule has 0 aliphatic rings. The van der Waals surface area contributed by atoms with E-state index in [9.17, 15) is 0 Å². The van der Waals surface area contributed by atoms with Crippen LogP contribution in [0.15, 0.2) is 36.8 Å². The number of hydrogen-bond acceptors (Lipinski definition) is 4.